The Morgan fingerprint density at radius 2 is 2.04 bits per heavy atom. The average Bonchev–Trinajstić information content (AvgIpc) is 3.18. The molecule has 1 aromatic heterocycles. The molecule has 1 aliphatic heterocycles. The Labute approximate surface area is 156 Å². The van der Waals surface area contributed by atoms with Crippen LogP contribution in [0.3, 0.4) is 0 Å². The van der Waals surface area contributed by atoms with Crippen LogP contribution < -0.4 is 5.73 Å². The Hall–Kier alpha value is -1.96. The highest BCUT2D eigenvalue weighted by Gasteiger charge is 2.36. The molecule has 0 unspecified atom stereocenters. The van der Waals surface area contributed by atoms with Gasteiger partial charge in [0, 0.05) is 25.1 Å². The lowest BCUT2D eigenvalue weighted by Crippen LogP contribution is -2.29. The molecule has 3 rings (SSSR count). The Kier molecular flexibility index (Phi) is 6.16. The van der Waals surface area contributed by atoms with Gasteiger partial charge in [0.1, 0.15) is 0 Å². The number of hydrogen-bond acceptors (Lipinski definition) is 5. The zero-order chi connectivity index (χ0) is 17.3. The molecule has 25 heavy (non-hydrogen) atoms. The van der Waals surface area contributed by atoms with Crippen molar-refractivity contribution in [1.82, 2.24) is 4.90 Å². The summed E-state index contributed by atoms with van der Waals surface area (Å²) in [6, 6.07) is 11.4. The third kappa shape index (κ3) is 3.84. The number of hydrogen-bond donors (Lipinski definition) is 1. The molecule has 6 nitrogen and oxygen atoms in total. The topological polar surface area (TPSA) is 89.5 Å². The Morgan fingerprint density at radius 3 is 2.60 bits per heavy atom. The van der Waals surface area contributed by atoms with Gasteiger partial charge >= 0.3 is 0 Å². The number of benzene rings is 1. The number of likely N-dealkylation sites (tertiary alicyclic amines) is 1. The first-order valence-corrected chi connectivity index (χ1v) is 8.62. The van der Waals surface area contributed by atoms with Crippen molar-refractivity contribution in [2.45, 2.75) is 12.8 Å². The molecule has 2 aromatic rings. The lowest BCUT2D eigenvalue weighted by Gasteiger charge is -2.16. The fourth-order valence-electron chi connectivity index (χ4n) is 3.27. The van der Waals surface area contributed by atoms with Gasteiger partial charge in [-0.2, -0.15) is 0 Å². The molecule has 1 saturated heterocycles. The van der Waals surface area contributed by atoms with Crippen LogP contribution in [-0.4, -0.2) is 35.4 Å². The van der Waals surface area contributed by atoms with Crippen LogP contribution in [0.5, 0.6) is 0 Å². The number of nitro groups is 1. The fourth-order valence-corrected chi connectivity index (χ4v) is 4.22. The van der Waals surface area contributed by atoms with Gasteiger partial charge < -0.3 is 10.6 Å². The molecule has 1 fully saturated rings. The van der Waals surface area contributed by atoms with E-state index in [1.807, 2.05) is 18.2 Å². The van der Waals surface area contributed by atoms with Gasteiger partial charge in [0.25, 0.3) is 11.6 Å². The van der Waals surface area contributed by atoms with Crippen LogP contribution in [-0.2, 0) is 0 Å². The van der Waals surface area contributed by atoms with Crippen molar-refractivity contribution in [3.05, 3.63) is 61.8 Å². The summed E-state index contributed by atoms with van der Waals surface area (Å²) >= 11 is 1.18. The maximum absolute atomic E-state index is 12.7. The van der Waals surface area contributed by atoms with Crippen LogP contribution >= 0.6 is 23.7 Å². The van der Waals surface area contributed by atoms with Gasteiger partial charge in [-0.15, -0.1) is 23.7 Å². The van der Waals surface area contributed by atoms with Crippen molar-refractivity contribution in [3.63, 3.8) is 0 Å². The van der Waals surface area contributed by atoms with Crippen molar-refractivity contribution in [2.75, 3.05) is 19.6 Å². The molecule has 0 aliphatic carbocycles. The molecule has 2 N–H and O–H groups in total. The third-order valence-electron chi connectivity index (χ3n) is 4.56. The fraction of sp³-hybridized carbons (Fsp3) is 0.353. The van der Waals surface area contributed by atoms with E-state index < -0.39 is 4.92 Å². The Bertz CT molecular complexity index is 766. The predicted molar refractivity (Wildman–Crippen MR) is 101 cm³/mol. The molecule has 8 heteroatoms. The monoisotopic (exact) mass is 381 g/mol. The van der Waals surface area contributed by atoms with Crippen LogP contribution in [0.25, 0.3) is 0 Å². The molecule has 0 spiro atoms. The van der Waals surface area contributed by atoms with Gasteiger partial charge in [0.05, 0.1) is 14.7 Å². The summed E-state index contributed by atoms with van der Waals surface area (Å²) in [6.07, 6.45) is 0. The standard InChI is InChI=1S/C17H19N3O3S.ClH/c1-11-15(20(22)23)7-16(24-11)17(21)19-9-13(8-18)14(10-19)12-5-3-2-4-6-12;/h2-7,13-14H,8-10,18H2,1H3;1H/t13-,14+;/m1./s1. The summed E-state index contributed by atoms with van der Waals surface area (Å²) in [5, 5.41) is 11.0. The molecule has 2 heterocycles. The predicted octanol–water partition coefficient (Wildman–Crippen LogP) is 3.20. The first-order valence-electron chi connectivity index (χ1n) is 7.80. The molecule has 0 bridgehead atoms. The van der Waals surface area contributed by atoms with Gasteiger partial charge in [-0.1, -0.05) is 30.3 Å². The highest BCUT2D eigenvalue weighted by atomic mass is 35.5. The van der Waals surface area contributed by atoms with Gasteiger partial charge in [0.15, 0.2) is 0 Å². The number of amides is 1. The zero-order valence-electron chi connectivity index (χ0n) is 13.8. The number of carbonyl (C=O) groups is 1. The van der Waals surface area contributed by atoms with Crippen LogP contribution in [0, 0.1) is 23.0 Å². The molecule has 0 radical (unpaired) electrons. The highest BCUT2D eigenvalue weighted by molar-refractivity contribution is 7.14. The molecular formula is C17H20ClN3O3S. The number of carbonyl (C=O) groups excluding carboxylic acids is 1. The molecule has 2 atom stereocenters. The van der Waals surface area contributed by atoms with Crippen LogP contribution in [0.2, 0.25) is 0 Å². The van der Waals surface area contributed by atoms with Gasteiger partial charge in [-0.25, -0.2) is 0 Å². The van der Waals surface area contributed by atoms with Gasteiger partial charge in [0.2, 0.25) is 0 Å². The van der Waals surface area contributed by atoms with Crippen molar-refractivity contribution in [1.29, 1.82) is 0 Å². The van der Waals surface area contributed by atoms with E-state index in [4.69, 9.17) is 5.73 Å². The van der Waals surface area contributed by atoms with Gasteiger partial charge in [-0.05, 0) is 24.9 Å². The first kappa shape index (κ1) is 19.4. The maximum atomic E-state index is 12.7. The van der Waals surface area contributed by atoms with Crippen LogP contribution in [0.15, 0.2) is 36.4 Å². The number of thiophene rings is 1. The van der Waals surface area contributed by atoms with E-state index in [-0.39, 0.29) is 35.8 Å². The Morgan fingerprint density at radius 1 is 1.36 bits per heavy atom. The van der Waals surface area contributed by atoms with E-state index in [1.54, 1.807) is 11.8 Å². The SMILES string of the molecule is Cc1sc(C(=O)N2C[C@@H](CN)[C@H](c3ccccc3)C2)cc1[N+](=O)[O-].Cl. The first-order chi connectivity index (χ1) is 11.5. The smallest absolute Gasteiger partial charge is 0.283 e. The summed E-state index contributed by atoms with van der Waals surface area (Å²) in [5.41, 5.74) is 7.09. The summed E-state index contributed by atoms with van der Waals surface area (Å²) in [6.45, 7) is 3.35. The molecule has 0 saturated carbocycles. The summed E-state index contributed by atoms with van der Waals surface area (Å²) in [4.78, 5) is 26.0. The van der Waals surface area contributed by atoms with E-state index in [9.17, 15) is 14.9 Å². The van der Waals surface area contributed by atoms with E-state index in [2.05, 4.69) is 12.1 Å². The van der Waals surface area contributed by atoms with E-state index in [0.29, 0.717) is 29.4 Å². The molecule has 1 aromatic carbocycles. The minimum Gasteiger partial charge on any atom is -0.337 e. The number of halogens is 1. The van der Waals surface area contributed by atoms with E-state index in [1.165, 1.54) is 23.0 Å². The van der Waals surface area contributed by atoms with E-state index >= 15 is 0 Å². The minimum atomic E-state index is -0.442. The molecular weight excluding hydrogens is 362 g/mol. The van der Waals surface area contributed by atoms with Crippen molar-refractivity contribution in [3.8, 4) is 0 Å². The minimum absolute atomic E-state index is 0. The van der Waals surface area contributed by atoms with Crippen LogP contribution in [0.4, 0.5) is 5.69 Å². The summed E-state index contributed by atoms with van der Waals surface area (Å²) in [7, 11) is 0. The van der Waals surface area contributed by atoms with Crippen molar-refractivity contribution < 1.29 is 9.72 Å². The van der Waals surface area contributed by atoms with Crippen molar-refractivity contribution in [2.24, 2.45) is 11.7 Å². The molecule has 134 valence electrons. The zero-order valence-corrected chi connectivity index (χ0v) is 15.4. The summed E-state index contributed by atoms with van der Waals surface area (Å²) < 4.78 is 0. The van der Waals surface area contributed by atoms with E-state index in [0.717, 1.165) is 0 Å². The quantitative estimate of drug-likeness (QED) is 0.650. The lowest BCUT2D eigenvalue weighted by molar-refractivity contribution is -0.385. The number of aryl methyl sites for hydroxylation is 1. The summed E-state index contributed by atoms with van der Waals surface area (Å²) in [5.74, 6) is 0.261. The number of rotatable bonds is 4. The van der Waals surface area contributed by atoms with Crippen molar-refractivity contribution >= 4 is 35.3 Å². The lowest BCUT2D eigenvalue weighted by atomic mass is 9.89. The third-order valence-corrected chi connectivity index (χ3v) is 5.59. The second kappa shape index (κ2) is 7.95. The maximum Gasteiger partial charge on any atom is 0.283 e. The molecule has 1 aliphatic rings. The second-order valence-electron chi connectivity index (χ2n) is 6.03. The number of nitrogens with two attached hydrogens (primary N) is 1. The Balaban J connectivity index is 0.00000225. The molecule has 1 amide bonds. The average molecular weight is 382 g/mol. The van der Waals surface area contributed by atoms with Gasteiger partial charge in [-0.3, -0.25) is 14.9 Å². The highest BCUT2D eigenvalue weighted by Crippen LogP contribution is 2.35. The second-order valence-corrected chi connectivity index (χ2v) is 7.29. The van der Waals surface area contributed by atoms with Crippen LogP contribution in [0.1, 0.15) is 26.0 Å². The largest absolute Gasteiger partial charge is 0.337 e. The number of nitrogens with zero attached hydrogens (tertiary/aromatic N) is 2. The normalized spacial score (nSPS) is 19.5.